The molecule has 0 unspecified atom stereocenters. The van der Waals surface area contributed by atoms with E-state index in [9.17, 15) is 4.79 Å². The van der Waals surface area contributed by atoms with Crippen LogP contribution in [0.15, 0.2) is 0 Å². The van der Waals surface area contributed by atoms with Gasteiger partial charge in [0.05, 0.1) is 18.5 Å². The van der Waals surface area contributed by atoms with Crippen molar-refractivity contribution in [3.05, 3.63) is 0 Å². The van der Waals surface area contributed by atoms with Gasteiger partial charge in [0.15, 0.2) is 0 Å². The monoisotopic (exact) mass is 328 g/mol. The average Bonchev–Trinajstić information content (AvgIpc) is 2.56. The van der Waals surface area contributed by atoms with Gasteiger partial charge in [0.2, 0.25) is 0 Å². The zero-order valence-corrected chi connectivity index (χ0v) is 16.3. The molecular weight excluding hydrogens is 289 g/mol. The maximum Gasteiger partial charge on any atom is 0.260 e. The van der Waals surface area contributed by atoms with Crippen LogP contribution in [0.1, 0.15) is 78.6 Å². The number of likely N-dealkylation sites (tertiary alicyclic amines) is 1. The average molecular weight is 329 g/mol. The lowest BCUT2D eigenvalue weighted by atomic mass is 10.1. The first kappa shape index (κ1) is 19.9. The van der Waals surface area contributed by atoms with E-state index in [-0.39, 0.29) is 0 Å². The van der Waals surface area contributed by atoms with E-state index in [1.54, 1.807) is 0 Å². The van der Waals surface area contributed by atoms with Crippen molar-refractivity contribution in [2.24, 2.45) is 0 Å². The molecule has 0 N–H and O–H groups in total. The van der Waals surface area contributed by atoms with Gasteiger partial charge in [-0.05, 0) is 38.5 Å². The molecule has 0 aliphatic carbocycles. The molecule has 1 aliphatic rings. The highest BCUT2D eigenvalue weighted by Gasteiger charge is 2.39. The van der Waals surface area contributed by atoms with Crippen LogP contribution in [0.4, 0.5) is 0 Å². The van der Waals surface area contributed by atoms with Gasteiger partial charge in [-0.1, -0.05) is 40.0 Å². The third-order valence-electron chi connectivity index (χ3n) is 5.14. The fourth-order valence-corrected chi connectivity index (χ4v) is 8.46. The maximum atomic E-state index is 12.9. The van der Waals surface area contributed by atoms with Gasteiger partial charge in [-0.15, -0.1) is 0 Å². The Morgan fingerprint density at radius 2 is 1.27 bits per heavy atom. The molecule has 0 aromatic carbocycles. The van der Waals surface area contributed by atoms with Crippen molar-refractivity contribution >= 4 is 13.2 Å². The number of hydrogen-bond donors (Lipinski definition) is 0. The predicted molar refractivity (Wildman–Crippen MR) is 102 cm³/mol. The molecule has 1 fully saturated rings. The van der Waals surface area contributed by atoms with E-state index in [0.29, 0.717) is 5.91 Å². The van der Waals surface area contributed by atoms with Crippen molar-refractivity contribution < 1.29 is 4.79 Å². The number of hydrogen-bond acceptors (Lipinski definition) is 1. The molecule has 22 heavy (non-hydrogen) atoms. The standard InChI is InChI=1S/C19H39NOP/c1-4-7-15-22(16-8-5-2,17-9-6-3)18-19(21)20-13-11-10-12-14-20/h4-18H2,1-3H3/q+1. The highest BCUT2D eigenvalue weighted by Crippen LogP contribution is 2.60. The highest BCUT2D eigenvalue weighted by molar-refractivity contribution is 7.76. The van der Waals surface area contributed by atoms with Crippen molar-refractivity contribution in [2.75, 3.05) is 37.7 Å². The molecule has 1 heterocycles. The summed E-state index contributed by atoms with van der Waals surface area (Å²) in [5, 5.41) is 0. The molecule has 0 atom stereocenters. The number of piperidine rings is 1. The molecule has 0 spiro atoms. The number of carbonyl (C=O) groups excluding carboxylic acids is 1. The molecule has 130 valence electrons. The quantitative estimate of drug-likeness (QED) is 0.464. The Labute approximate surface area is 139 Å². The minimum Gasteiger partial charge on any atom is -0.340 e. The molecule has 1 aliphatic heterocycles. The lowest BCUT2D eigenvalue weighted by Gasteiger charge is -2.32. The molecule has 0 bridgehead atoms. The molecular formula is C19H39NOP+. The number of amides is 1. The van der Waals surface area contributed by atoms with E-state index >= 15 is 0 Å². The molecule has 1 rings (SSSR count). The second-order valence-corrected chi connectivity index (χ2v) is 11.5. The van der Waals surface area contributed by atoms with Gasteiger partial charge in [0.25, 0.3) is 5.91 Å². The first-order chi connectivity index (χ1) is 10.7. The largest absolute Gasteiger partial charge is 0.340 e. The maximum absolute atomic E-state index is 12.9. The van der Waals surface area contributed by atoms with Crippen molar-refractivity contribution in [3.63, 3.8) is 0 Å². The highest BCUT2D eigenvalue weighted by atomic mass is 31.2. The van der Waals surface area contributed by atoms with Gasteiger partial charge in [0, 0.05) is 20.4 Å². The summed E-state index contributed by atoms with van der Waals surface area (Å²) < 4.78 is 0. The predicted octanol–water partition coefficient (Wildman–Crippen LogP) is 5.42. The normalized spacial score (nSPS) is 16.0. The van der Waals surface area contributed by atoms with Crippen LogP contribution >= 0.6 is 7.26 Å². The SMILES string of the molecule is CCCC[P+](CCCC)(CCCC)CC(=O)N1CCCCC1. The van der Waals surface area contributed by atoms with E-state index in [0.717, 1.165) is 19.3 Å². The Hall–Kier alpha value is -0.100. The fourth-order valence-electron chi connectivity index (χ4n) is 3.58. The van der Waals surface area contributed by atoms with Crippen LogP contribution in [0.25, 0.3) is 0 Å². The topological polar surface area (TPSA) is 20.3 Å². The molecule has 0 aromatic heterocycles. The van der Waals surface area contributed by atoms with Crippen LogP contribution < -0.4 is 0 Å². The second kappa shape index (κ2) is 11.4. The van der Waals surface area contributed by atoms with E-state index in [1.165, 1.54) is 76.3 Å². The number of nitrogens with zero attached hydrogens (tertiary/aromatic N) is 1. The van der Waals surface area contributed by atoms with Crippen molar-refractivity contribution in [3.8, 4) is 0 Å². The van der Waals surface area contributed by atoms with Crippen LogP contribution in [0.2, 0.25) is 0 Å². The molecule has 1 amide bonds. The van der Waals surface area contributed by atoms with E-state index in [1.807, 2.05) is 0 Å². The van der Waals surface area contributed by atoms with Crippen molar-refractivity contribution in [1.82, 2.24) is 4.90 Å². The smallest absolute Gasteiger partial charge is 0.260 e. The van der Waals surface area contributed by atoms with Gasteiger partial charge in [-0.2, -0.15) is 0 Å². The molecule has 2 nitrogen and oxygen atoms in total. The lowest BCUT2D eigenvalue weighted by Crippen LogP contribution is -2.38. The van der Waals surface area contributed by atoms with Crippen LogP contribution in [0.5, 0.6) is 0 Å². The van der Waals surface area contributed by atoms with Crippen LogP contribution in [-0.4, -0.2) is 48.5 Å². The van der Waals surface area contributed by atoms with Gasteiger partial charge in [-0.25, -0.2) is 0 Å². The Bertz CT molecular complexity index is 278. The van der Waals surface area contributed by atoms with E-state index in [4.69, 9.17) is 0 Å². The first-order valence-corrected chi connectivity index (χ1v) is 12.3. The molecule has 0 saturated carbocycles. The Balaban J connectivity index is 2.72. The second-order valence-electron chi connectivity index (χ2n) is 7.17. The Kier molecular flexibility index (Phi) is 10.4. The molecule has 0 radical (unpaired) electrons. The summed E-state index contributed by atoms with van der Waals surface area (Å²) in [6.45, 7) is 8.92. The van der Waals surface area contributed by atoms with Crippen LogP contribution in [0, 0.1) is 0 Å². The van der Waals surface area contributed by atoms with Gasteiger partial charge >= 0.3 is 0 Å². The zero-order chi connectivity index (χ0) is 16.3. The Morgan fingerprint density at radius 1 is 0.818 bits per heavy atom. The third kappa shape index (κ3) is 6.99. The van der Waals surface area contributed by atoms with Gasteiger partial charge in [0.1, 0.15) is 6.16 Å². The molecule has 3 heteroatoms. The van der Waals surface area contributed by atoms with Crippen LogP contribution in [-0.2, 0) is 4.79 Å². The summed E-state index contributed by atoms with van der Waals surface area (Å²) in [4.78, 5) is 15.0. The van der Waals surface area contributed by atoms with Crippen molar-refractivity contribution in [2.45, 2.75) is 78.6 Å². The Morgan fingerprint density at radius 3 is 1.68 bits per heavy atom. The fraction of sp³-hybridized carbons (Fsp3) is 0.947. The summed E-state index contributed by atoms with van der Waals surface area (Å²) >= 11 is 0. The summed E-state index contributed by atoms with van der Waals surface area (Å²) in [6, 6.07) is 0. The minimum atomic E-state index is -1.06. The number of unbranched alkanes of at least 4 members (excludes halogenated alkanes) is 3. The molecule has 1 saturated heterocycles. The van der Waals surface area contributed by atoms with E-state index in [2.05, 4.69) is 25.7 Å². The van der Waals surface area contributed by atoms with Crippen molar-refractivity contribution in [1.29, 1.82) is 0 Å². The lowest BCUT2D eigenvalue weighted by molar-refractivity contribution is -0.129. The summed E-state index contributed by atoms with van der Waals surface area (Å²) in [7, 11) is -1.06. The van der Waals surface area contributed by atoms with E-state index < -0.39 is 7.26 Å². The number of rotatable bonds is 11. The zero-order valence-electron chi connectivity index (χ0n) is 15.4. The first-order valence-electron chi connectivity index (χ1n) is 9.80. The van der Waals surface area contributed by atoms with Crippen LogP contribution in [0.3, 0.4) is 0 Å². The minimum absolute atomic E-state index is 0.497. The third-order valence-corrected chi connectivity index (χ3v) is 9.87. The summed E-state index contributed by atoms with van der Waals surface area (Å²) in [6.07, 6.45) is 16.6. The molecule has 0 aromatic rings. The van der Waals surface area contributed by atoms with Gasteiger partial charge in [-0.3, -0.25) is 4.79 Å². The van der Waals surface area contributed by atoms with Gasteiger partial charge < -0.3 is 4.90 Å². The number of carbonyl (C=O) groups is 1. The summed E-state index contributed by atoms with van der Waals surface area (Å²) in [5.74, 6) is 0.497. The summed E-state index contributed by atoms with van der Waals surface area (Å²) in [5.41, 5.74) is 0.